The van der Waals surface area contributed by atoms with Crippen LogP contribution in [0.15, 0.2) is 24.4 Å². The van der Waals surface area contributed by atoms with E-state index in [0.717, 1.165) is 31.6 Å². The third kappa shape index (κ3) is 2.73. The Bertz CT molecular complexity index is 592. The fraction of sp³-hybridized carbons (Fsp3) is 0.611. The van der Waals surface area contributed by atoms with Gasteiger partial charge in [-0.2, -0.15) is 0 Å². The van der Waals surface area contributed by atoms with Gasteiger partial charge in [0.1, 0.15) is 0 Å². The highest BCUT2D eigenvalue weighted by atomic mass is 16.2. The van der Waals surface area contributed by atoms with Crippen LogP contribution in [0.25, 0.3) is 0 Å². The molecule has 2 aliphatic heterocycles. The van der Waals surface area contributed by atoms with Gasteiger partial charge in [0.15, 0.2) is 0 Å². The Kier molecular flexibility index (Phi) is 3.79. The standard InChI is InChI=1S/C18H23N3O2/c22-17-9-13(12-21(17)15-5-1-2-6-15)18(23)20-10-14(11-20)16-7-3-4-8-19-16/h3-4,7-8,13-15H,1-2,5-6,9-12H2. The van der Waals surface area contributed by atoms with Crippen molar-refractivity contribution in [2.45, 2.75) is 44.1 Å². The van der Waals surface area contributed by atoms with Crippen molar-refractivity contribution in [2.24, 2.45) is 5.92 Å². The quantitative estimate of drug-likeness (QED) is 0.855. The molecule has 1 atom stereocenters. The lowest BCUT2D eigenvalue weighted by Crippen LogP contribution is -2.51. The number of amides is 2. The summed E-state index contributed by atoms with van der Waals surface area (Å²) in [5, 5.41) is 0. The van der Waals surface area contributed by atoms with Crippen LogP contribution in [-0.4, -0.2) is 52.3 Å². The van der Waals surface area contributed by atoms with Crippen LogP contribution in [0.2, 0.25) is 0 Å². The zero-order valence-electron chi connectivity index (χ0n) is 13.4. The average Bonchev–Trinajstić information content (AvgIpc) is 3.16. The zero-order valence-corrected chi connectivity index (χ0v) is 13.4. The lowest BCUT2D eigenvalue weighted by molar-refractivity contribution is -0.140. The summed E-state index contributed by atoms with van der Waals surface area (Å²) in [6.07, 6.45) is 6.85. The lowest BCUT2D eigenvalue weighted by atomic mass is 9.93. The van der Waals surface area contributed by atoms with Gasteiger partial charge >= 0.3 is 0 Å². The number of hydrogen-bond acceptors (Lipinski definition) is 3. The van der Waals surface area contributed by atoms with Gasteiger partial charge in [0.05, 0.1) is 5.92 Å². The molecular formula is C18H23N3O2. The van der Waals surface area contributed by atoms with Crippen LogP contribution in [0.5, 0.6) is 0 Å². The highest BCUT2D eigenvalue weighted by molar-refractivity contribution is 5.89. The van der Waals surface area contributed by atoms with E-state index in [4.69, 9.17) is 0 Å². The van der Waals surface area contributed by atoms with Crippen molar-refractivity contribution >= 4 is 11.8 Å². The van der Waals surface area contributed by atoms with Crippen molar-refractivity contribution in [1.82, 2.24) is 14.8 Å². The molecule has 5 heteroatoms. The third-order valence-corrected chi connectivity index (χ3v) is 5.57. The lowest BCUT2D eigenvalue weighted by Gasteiger charge is -2.40. The Morgan fingerprint density at radius 3 is 2.61 bits per heavy atom. The summed E-state index contributed by atoms with van der Waals surface area (Å²) in [5.41, 5.74) is 1.06. The van der Waals surface area contributed by atoms with Gasteiger partial charge in [-0.1, -0.05) is 18.9 Å². The molecule has 0 radical (unpaired) electrons. The number of pyridine rings is 1. The Morgan fingerprint density at radius 1 is 1.13 bits per heavy atom. The molecule has 1 unspecified atom stereocenters. The number of carbonyl (C=O) groups excluding carboxylic acids is 2. The van der Waals surface area contributed by atoms with Gasteiger partial charge in [-0.15, -0.1) is 0 Å². The highest BCUT2D eigenvalue weighted by Gasteiger charge is 2.43. The van der Waals surface area contributed by atoms with Crippen molar-refractivity contribution in [3.8, 4) is 0 Å². The van der Waals surface area contributed by atoms with Crippen LogP contribution in [0.1, 0.15) is 43.7 Å². The van der Waals surface area contributed by atoms with Gasteiger partial charge in [-0.05, 0) is 25.0 Å². The molecule has 122 valence electrons. The third-order valence-electron chi connectivity index (χ3n) is 5.57. The molecule has 3 fully saturated rings. The van der Waals surface area contributed by atoms with Crippen LogP contribution in [0.3, 0.4) is 0 Å². The van der Waals surface area contributed by atoms with E-state index in [1.807, 2.05) is 28.0 Å². The Balaban J connectivity index is 1.33. The zero-order chi connectivity index (χ0) is 15.8. The van der Waals surface area contributed by atoms with Crippen LogP contribution < -0.4 is 0 Å². The van der Waals surface area contributed by atoms with E-state index < -0.39 is 0 Å². The van der Waals surface area contributed by atoms with Gasteiger partial charge in [0.2, 0.25) is 11.8 Å². The van der Waals surface area contributed by atoms with Gasteiger partial charge in [0, 0.05) is 49.9 Å². The molecule has 3 heterocycles. The summed E-state index contributed by atoms with van der Waals surface area (Å²) >= 11 is 0. The first-order valence-electron chi connectivity index (χ1n) is 8.71. The van der Waals surface area contributed by atoms with Crippen molar-refractivity contribution in [2.75, 3.05) is 19.6 Å². The first-order valence-corrected chi connectivity index (χ1v) is 8.71. The maximum absolute atomic E-state index is 12.6. The van der Waals surface area contributed by atoms with E-state index in [0.29, 0.717) is 24.9 Å². The molecule has 23 heavy (non-hydrogen) atoms. The van der Waals surface area contributed by atoms with Gasteiger partial charge < -0.3 is 9.80 Å². The fourth-order valence-electron chi connectivity index (χ4n) is 4.19. The van der Waals surface area contributed by atoms with Crippen molar-refractivity contribution < 1.29 is 9.59 Å². The summed E-state index contributed by atoms with van der Waals surface area (Å²) in [4.78, 5) is 33.1. The van der Waals surface area contributed by atoms with E-state index in [-0.39, 0.29) is 17.7 Å². The number of carbonyl (C=O) groups is 2. The second-order valence-corrected chi connectivity index (χ2v) is 7.08. The highest BCUT2D eigenvalue weighted by Crippen LogP contribution is 2.32. The molecule has 2 amide bonds. The molecule has 1 aromatic rings. The largest absolute Gasteiger partial charge is 0.341 e. The molecule has 1 aliphatic carbocycles. The van der Waals surface area contributed by atoms with E-state index >= 15 is 0 Å². The van der Waals surface area contributed by atoms with Crippen LogP contribution in [0, 0.1) is 5.92 Å². The second-order valence-electron chi connectivity index (χ2n) is 7.08. The van der Waals surface area contributed by atoms with Gasteiger partial charge in [0.25, 0.3) is 0 Å². The fourth-order valence-corrected chi connectivity index (χ4v) is 4.19. The minimum atomic E-state index is -0.132. The molecule has 0 N–H and O–H groups in total. The maximum Gasteiger partial charge on any atom is 0.228 e. The molecule has 0 bridgehead atoms. The monoisotopic (exact) mass is 313 g/mol. The summed E-state index contributed by atoms with van der Waals surface area (Å²) in [7, 11) is 0. The first-order chi connectivity index (χ1) is 11.2. The predicted molar refractivity (Wildman–Crippen MR) is 85.6 cm³/mol. The Morgan fingerprint density at radius 2 is 1.91 bits per heavy atom. The van der Waals surface area contributed by atoms with Crippen LogP contribution >= 0.6 is 0 Å². The molecule has 2 saturated heterocycles. The molecule has 0 aromatic carbocycles. The molecule has 1 saturated carbocycles. The molecule has 5 nitrogen and oxygen atoms in total. The minimum absolute atomic E-state index is 0.132. The summed E-state index contributed by atoms with van der Waals surface area (Å²) in [5.74, 6) is 0.555. The second kappa shape index (κ2) is 5.95. The molecule has 3 aliphatic rings. The van der Waals surface area contributed by atoms with Crippen molar-refractivity contribution in [1.29, 1.82) is 0 Å². The Hall–Kier alpha value is -1.91. The summed E-state index contributed by atoms with van der Waals surface area (Å²) in [6, 6.07) is 6.31. The van der Waals surface area contributed by atoms with Crippen LogP contribution in [-0.2, 0) is 9.59 Å². The number of aromatic nitrogens is 1. The van der Waals surface area contributed by atoms with E-state index in [9.17, 15) is 9.59 Å². The first kappa shape index (κ1) is 14.7. The average molecular weight is 313 g/mol. The van der Waals surface area contributed by atoms with Crippen LogP contribution in [0.4, 0.5) is 0 Å². The SMILES string of the molecule is O=C(C1CC(=O)N(C2CCCC2)C1)N1CC(c2ccccn2)C1. The maximum atomic E-state index is 12.6. The number of rotatable bonds is 3. The number of likely N-dealkylation sites (tertiary alicyclic amines) is 2. The Labute approximate surface area is 136 Å². The van der Waals surface area contributed by atoms with Gasteiger partial charge in [-0.3, -0.25) is 14.6 Å². The normalized spacial score (nSPS) is 25.9. The van der Waals surface area contributed by atoms with E-state index in [1.54, 1.807) is 6.20 Å². The molecule has 0 spiro atoms. The predicted octanol–water partition coefficient (Wildman–Crippen LogP) is 1.80. The minimum Gasteiger partial charge on any atom is -0.341 e. The molecule has 4 rings (SSSR count). The van der Waals surface area contributed by atoms with Crippen molar-refractivity contribution in [3.63, 3.8) is 0 Å². The van der Waals surface area contributed by atoms with E-state index in [2.05, 4.69) is 4.98 Å². The summed E-state index contributed by atoms with van der Waals surface area (Å²) < 4.78 is 0. The van der Waals surface area contributed by atoms with Crippen molar-refractivity contribution in [3.05, 3.63) is 30.1 Å². The molecule has 1 aromatic heterocycles. The number of nitrogens with zero attached hydrogens (tertiary/aromatic N) is 3. The number of hydrogen-bond donors (Lipinski definition) is 0. The smallest absolute Gasteiger partial charge is 0.228 e. The molecular weight excluding hydrogens is 290 g/mol. The topological polar surface area (TPSA) is 53.5 Å². The summed E-state index contributed by atoms with van der Waals surface area (Å²) in [6.45, 7) is 2.11. The van der Waals surface area contributed by atoms with E-state index in [1.165, 1.54) is 12.8 Å². The van der Waals surface area contributed by atoms with Gasteiger partial charge in [-0.25, -0.2) is 0 Å².